The Hall–Kier alpha value is -3.19. The molecule has 1 N–H and O–H groups in total. The number of methoxy groups -OCH3 is 2. The molecule has 5 rings (SSSR count). The summed E-state index contributed by atoms with van der Waals surface area (Å²) in [4.78, 5) is 28.6. The average Bonchev–Trinajstić information content (AvgIpc) is 3.44. The van der Waals surface area contributed by atoms with Gasteiger partial charge < -0.3 is 19.5 Å². The van der Waals surface area contributed by atoms with Gasteiger partial charge in [-0.25, -0.2) is 4.79 Å². The molecule has 1 heterocycles. The number of hydrogen-bond donors (Lipinski definition) is 1. The van der Waals surface area contributed by atoms with Crippen molar-refractivity contribution >= 4 is 23.5 Å². The highest BCUT2D eigenvalue weighted by atomic mass is 32.2. The number of nitrogens with one attached hydrogen (secondary N) is 1. The van der Waals surface area contributed by atoms with Crippen molar-refractivity contribution in [1.29, 1.82) is 0 Å². The van der Waals surface area contributed by atoms with Crippen molar-refractivity contribution in [3.8, 4) is 11.5 Å². The van der Waals surface area contributed by atoms with Crippen LogP contribution in [0.4, 0.5) is 0 Å². The lowest BCUT2D eigenvalue weighted by Crippen LogP contribution is -2.36. The molecule has 0 bridgehead atoms. The molecule has 1 aliphatic heterocycles. The van der Waals surface area contributed by atoms with Gasteiger partial charge in [-0.3, -0.25) is 4.79 Å². The molecular weight excluding hydrogens is 498 g/mol. The van der Waals surface area contributed by atoms with Crippen molar-refractivity contribution < 1.29 is 23.8 Å². The maximum Gasteiger partial charge on any atom is 0.337 e. The summed E-state index contributed by atoms with van der Waals surface area (Å²) in [6.45, 7) is 1.92. The Morgan fingerprint density at radius 2 is 1.63 bits per heavy atom. The highest BCUT2D eigenvalue weighted by Crippen LogP contribution is 2.47. The molecular formula is C31H35NO5S. The van der Waals surface area contributed by atoms with E-state index in [2.05, 4.69) is 17.4 Å². The van der Waals surface area contributed by atoms with Gasteiger partial charge in [-0.2, -0.15) is 0 Å². The van der Waals surface area contributed by atoms with Crippen molar-refractivity contribution in [1.82, 2.24) is 5.32 Å². The highest BCUT2D eigenvalue weighted by Gasteiger charge is 2.42. The second-order valence-electron chi connectivity index (χ2n) is 10.2. The zero-order chi connectivity index (χ0) is 26.8. The van der Waals surface area contributed by atoms with E-state index in [1.165, 1.54) is 0 Å². The third-order valence-electron chi connectivity index (χ3n) is 7.95. The summed E-state index contributed by atoms with van der Waals surface area (Å²) in [7, 11) is 3.23. The third-order valence-corrected chi connectivity index (χ3v) is 8.70. The SMILES string of the molecule is COc1ccc([C@@H]2CC(=O)C3=C(C2)NC(C)=C(C(=O)OC2CCCC2)[C@H]3c2ccc(SC)cc2)cc1OC. The summed E-state index contributed by atoms with van der Waals surface area (Å²) in [6.07, 6.45) is 6.98. The van der Waals surface area contributed by atoms with E-state index in [9.17, 15) is 9.59 Å². The number of benzene rings is 2. The van der Waals surface area contributed by atoms with Crippen LogP contribution in [0, 0.1) is 0 Å². The van der Waals surface area contributed by atoms with Crippen LogP contribution in [-0.2, 0) is 14.3 Å². The number of carbonyl (C=O) groups is 2. The lowest BCUT2D eigenvalue weighted by molar-refractivity contribution is -0.144. The first-order valence-electron chi connectivity index (χ1n) is 13.2. The molecule has 2 atom stereocenters. The van der Waals surface area contributed by atoms with Gasteiger partial charge in [-0.15, -0.1) is 11.8 Å². The minimum Gasteiger partial charge on any atom is -0.493 e. The number of hydrogen-bond acceptors (Lipinski definition) is 7. The molecule has 6 nitrogen and oxygen atoms in total. The molecule has 1 fully saturated rings. The topological polar surface area (TPSA) is 73.9 Å². The fourth-order valence-electron chi connectivity index (χ4n) is 6.00. The molecule has 0 spiro atoms. The smallest absolute Gasteiger partial charge is 0.337 e. The van der Waals surface area contributed by atoms with Gasteiger partial charge in [-0.05, 0) is 86.6 Å². The van der Waals surface area contributed by atoms with Crippen molar-refractivity contribution in [2.24, 2.45) is 0 Å². The van der Waals surface area contributed by atoms with Crippen molar-refractivity contribution in [3.63, 3.8) is 0 Å². The third kappa shape index (κ3) is 5.08. The highest BCUT2D eigenvalue weighted by molar-refractivity contribution is 7.98. The minimum absolute atomic E-state index is 0.00661. The largest absolute Gasteiger partial charge is 0.493 e. The van der Waals surface area contributed by atoms with E-state index in [1.54, 1.807) is 26.0 Å². The van der Waals surface area contributed by atoms with Gasteiger partial charge in [-0.1, -0.05) is 18.2 Å². The van der Waals surface area contributed by atoms with E-state index >= 15 is 0 Å². The predicted octanol–water partition coefficient (Wildman–Crippen LogP) is 6.27. The van der Waals surface area contributed by atoms with Gasteiger partial charge in [0.1, 0.15) is 6.10 Å². The second kappa shape index (κ2) is 11.3. The van der Waals surface area contributed by atoms with Crippen LogP contribution in [0.3, 0.4) is 0 Å². The van der Waals surface area contributed by atoms with E-state index in [0.29, 0.717) is 35.5 Å². The molecule has 38 heavy (non-hydrogen) atoms. The number of thioether (sulfide) groups is 1. The summed E-state index contributed by atoms with van der Waals surface area (Å²) < 4.78 is 16.9. The van der Waals surface area contributed by atoms with Gasteiger partial charge >= 0.3 is 5.97 Å². The fraction of sp³-hybridized carbons (Fsp3) is 0.419. The Labute approximate surface area is 228 Å². The van der Waals surface area contributed by atoms with Gasteiger partial charge in [0, 0.05) is 34.2 Å². The van der Waals surface area contributed by atoms with Crippen LogP contribution in [0.5, 0.6) is 11.5 Å². The van der Waals surface area contributed by atoms with Gasteiger partial charge in [0.25, 0.3) is 0 Å². The Morgan fingerprint density at radius 3 is 2.29 bits per heavy atom. The molecule has 0 radical (unpaired) electrons. The summed E-state index contributed by atoms with van der Waals surface area (Å²) in [5, 5.41) is 3.46. The number of ether oxygens (including phenoxy) is 3. The molecule has 0 amide bonds. The van der Waals surface area contributed by atoms with Crippen LogP contribution in [-0.4, -0.2) is 38.3 Å². The molecule has 7 heteroatoms. The molecule has 2 aliphatic carbocycles. The first-order chi connectivity index (χ1) is 18.4. The van der Waals surface area contributed by atoms with Crippen LogP contribution < -0.4 is 14.8 Å². The summed E-state index contributed by atoms with van der Waals surface area (Å²) in [5.74, 6) is 0.585. The molecule has 0 aromatic heterocycles. The Balaban J connectivity index is 1.52. The van der Waals surface area contributed by atoms with Gasteiger partial charge in [0.05, 0.1) is 19.8 Å². The van der Waals surface area contributed by atoms with E-state index in [1.807, 2.05) is 43.5 Å². The van der Waals surface area contributed by atoms with E-state index in [0.717, 1.165) is 53.1 Å². The molecule has 200 valence electrons. The molecule has 2 aromatic carbocycles. The second-order valence-corrected chi connectivity index (χ2v) is 11.1. The van der Waals surface area contributed by atoms with E-state index in [4.69, 9.17) is 14.2 Å². The Bertz CT molecular complexity index is 1290. The van der Waals surface area contributed by atoms with Crippen LogP contribution in [0.15, 0.2) is 69.9 Å². The molecule has 2 aromatic rings. The maximum atomic E-state index is 13.9. The number of esters is 1. The van der Waals surface area contributed by atoms with E-state index < -0.39 is 5.92 Å². The first-order valence-corrected chi connectivity index (χ1v) is 14.5. The Morgan fingerprint density at radius 1 is 0.947 bits per heavy atom. The fourth-order valence-corrected chi connectivity index (χ4v) is 6.41. The lowest BCUT2D eigenvalue weighted by Gasteiger charge is -2.37. The number of Topliss-reactive ketones (excluding diaryl/α,β-unsaturated/α-hetero) is 1. The zero-order valence-corrected chi connectivity index (χ0v) is 23.3. The van der Waals surface area contributed by atoms with Crippen molar-refractivity contribution in [3.05, 3.63) is 76.1 Å². The Kier molecular flexibility index (Phi) is 7.84. The number of allylic oxidation sites excluding steroid dienone is 3. The van der Waals surface area contributed by atoms with Gasteiger partial charge in [0.2, 0.25) is 0 Å². The van der Waals surface area contributed by atoms with Crippen LogP contribution >= 0.6 is 11.8 Å². The van der Waals surface area contributed by atoms with Crippen molar-refractivity contribution in [2.45, 2.75) is 68.3 Å². The molecule has 0 unspecified atom stereocenters. The quantitative estimate of drug-likeness (QED) is 0.332. The summed E-state index contributed by atoms with van der Waals surface area (Å²) in [5.41, 5.74) is 4.83. The molecule has 1 saturated carbocycles. The summed E-state index contributed by atoms with van der Waals surface area (Å²) in [6, 6.07) is 14.0. The number of ketones is 1. The monoisotopic (exact) mass is 533 g/mol. The minimum atomic E-state index is -0.449. The predicted molar refractivity (Wildman–Crippen MR) is 149 cm³/mol. The van der Waals surface area contributed by atoms with E-state index in [-0.39, 0.29) is 23.8 Å². The maximum absolute atomic E-state index is 13.9. The number of carbonyl (C=O) groups excluding carboxylic acids is 2. The average molecular weight is 534 g/mol. The molecule has 0 saturated heterocycles. The summed E-state index contributed by atoms with van der Waals surface area (Å²) >= 11 is 1.67. The van der Waals surface area contributed by atoms with Crippen LogP contribution in [0.2, 0.25) is 0 Å². The normalized spacial score (nSPS) is 21.7. The van der Waals surface area contributed by atoms with Crippen LogP contribution in [0.1, 0.15) is 68.4 Å². The molecule has 3 aliphatic rings. The zero-order valence-electron chi connectivity index (χ0n) is 22.5. The first kappa shape index (κ1) is 26.4. The van der Waals surface area contributed by atoms with Crippen LogP contribution in [0.25, 0.3) is 0 Å². The van der Waals surface area contributed by atoms with Crippen molar-refractivity contribution in [2.75, 3.05) is 20.5 Å². The number of rotatable bonds is 7. The van der Waals surface area contributed by atoms with Gasteiger partial charge in [0.15, 0.2) is 17.3 Å². The lowest BCUT2D eigenvalue weighted by atomic mass is 9.71. The standard InChI is InChI=1S/C31H35NO5S/c1-18-28(31(34)37-22-7-5-6-8-22)29(19-9-12-23(38-4)13-10-19)30-24(32-18)15-21(16-25(30)33)20-11-14-26(35-2)27(17-20)36-3/h9-14,17,21-22,29,32H,5-8,15-16H2,1-4H3/t21-,29+/m0/s1. The number of dihydropyridines is 1.